The van der Waals surface area contributed by atoms with Crippen molar-refractivity contribution in [2.24, 2.45) is 0 Å². The fourth-order valence-electron chi connectivity index (χ4n) is 6.91. The van der Waals surface area contributed by atoms with Crippen LogP contribution in [0.25, 0.3) is 23.8 Å². The van der Waals surface area contributed by atoms with Crippen molar-refractivity contribution in [3.8, 4) is 23.0 Å². The predicted octanol–water partition coefficient (Wildman–Crippen LogP) is 9.22. The second-order valence-corrected chi connectivity index (χ2v) is 14.7. The molecule has 0 atom stereocenters. The van der Waals surface area contributed by atoms with Gasteiger partial charge in [-0.2, -0.15) is 0 Å². The fraction of sp³-hybridized carbons (Fsp3) is 0.162. The summed E-state index contributed by atoms with van der Waals surface area (Å²) in [7, 11) is 5.38. The Morgan fingerprint density at radius 1 is 0.719 bits per heavy atom. The van der Waals surface area contributed by atoms with Gasteiger partial charge in [0.2, 0.25) is 0 Å². The van der Waals surface area contributed by atoms with E-state index in [9.17, 15) is 30.3 Å². The van der Waals surface area contributed by atoms with E-state index >= 15 is 8.63 Å². The summed E-state index contributed by atoms with van der Waals surface area (Å²) in [5.74, 6) is 0.575. The number of allylic oxidation sites excluding steroid dienone is 3. The second kappa shape index (κ2) is 15.7. The van der Waals surface area contributed by atoms with E-state index in [1.807, 2.05) is 45.2 Å². The molecule has 0 bridgehead atoms. The van der Waals surface area contributed by atoms with Crippen molar-refractivity contribution in [1.82, 2.24) is 4.48 Å². The molecule has 3 aromatic carbocycles. The number of methoxy groups -OCH3 is 4. The molecular weight excluding hydrogens is 977 g/mol. The molecule has 0 amide bonds. The number of nitro groups is 3. The van der Waals surface area contributed by atoms with Crippen LogP contribution in [0, 0.1) is 40.8 Å². The maximum absolute atomic E-state index is 17.8. The van der Waals surface area contributed by atoms with Gasteiger partial charge < -0.3 is 36.5 Å². The molecule has 1 aromatic heterocycles. The van der Waals surface area contributed by atoms with E-state index in [1.54, 1.807) is 13.8 Å². The first-order valence-electron chi connectivity index (χ1n) is 16.6. The van der Waals surface area contributed by atoms with Crippen molar-refractivity contribution in [2.75, 3.05) is 28.4 Å². The molecule has 4 aromatic rings. The minimum Gasteiger partial charge on any atom is -0.493 e. The Morgan fingerprint density at radius 2 is 1.19 bits per heavy atom. The van der Waals surface area contributed by atoms with E-state index in [4.69, 9.17) is 18.9 Å². The Morgan fingerprint density at radius 3 is 1.65 bits per heavy atom. The number of fused-ring (bicyclic) bond motifs is 2. The third-order valence-corrected chi connectivity index (χ3v) is 12.3. The molecule has 0 N–H and O–H groups in total. The van der Waals surface area contributed by atoms with Gasteiger partial charge in [0.25, 0.3) is 17.1 Å². The normalized spacial score (nSPS) is 14.7. The topological polar surface area (TPSA) is 174 Å². The SMILES string of the molecule is COc1cc(/C=C/C2=[N+]3C(=C(c4ccc([N+](=O)[O-])cc4)c4c(C)c(I)c(/C=C/c5cc(OC)c(OC)cc5[N+](=O)[O-])n4[B-]3(F)F)C(C)=C2I)c([N+](=O)[O-])cc1OC. The van der Waals surface area contributed by atoms with Crippen molar-refractivity contribution in [3.05, 3.63) is 137 Å². The zero-order chi connectivity index (χ0) is 41.7. The number of hydrogen-bond acceptors (Lipinski definition) is 10. The molecule has 0 saturated heterocycles. The predicted molar refractivity (Wildman–Crippen MR) is 227 cm³/mol. The van der Waals surface area contributed by atoms with Crippen LogP contribution in [0.4, 0.5) is 25.7 Å². The monoisotopic (exact) mass is 1010 g/mol. The third kappa shape index (κ3) is 6.93. The first-order valence-corrected chi connectivity index (χ1v) is 18.8. The van der Waals surface area contributed by atoms with E-state index in [0.717, 1.165) is 8.96 Å². The molecule has 15 nitrogen and oxygen atoms in total. The van der Waals surface area contributed by atoms with Gasteiger partial charge >= 0.3 is 6.97 Å². The highest BCUT2D eigenvalue weighted by molar-refractivity contribution is 14.1. The molecule has 6 rings (SSSR count). The highest BCUT2D eigenvalue weighted by atomic mass is 127. The lowest BCUT2D eigenvalue weighted by Gasteiger charge is -2.34. The lowest BCUT2D eigenvalue weighted by atomic mass is 9.83. The Balaban J connectivity index is 1.67. The largest absolute Gasteiger partial charge is 0.737 e. The van der Waals surface area contributed by atoms with E-state index in [2.05, 4.69) is 0 Å². The van der Waals surface area contributed by atoms with Gasteiger partial charge in [0.15, 0.2) is 34.4 Å². The summed E-state index contributed by atoms with van der Waals surface area (Å²) in [5.41, 5.74) is 1.19. The highest BCUT2D eigenvalue weighted by Crippen LogP contribution is 2.49. The van der Waals surface area contributed by atoms with Crippen molar-refractivity contribution in [3.63, 3.8) is 0 Å². The number of hydrogen-bond donors (Lipinski definition) is 0. The Bertz CT molecular complexity index is 2580. The smallest absolute Gasteiger partial charge is 0.493 e. The van der Waals surface area contributed by atoms with E-state index < -0.39 is 21.7 Å². The van der Waals surface area contributed by atoms with E-state index in [0.29, 0.717) is 29.4 Å². The molecule has 0 spiro atoms. The van der Waals surface area contributed by atoms with Gasteiger partial charge in [0.1, 0.15) is 0 Å². The maximum atomic E-state index is 17.8. The van der Waals surface area contributed by atoms with Crippen LogP contribution in [-0.4, -0.2) is 64.9 Å². The number of nitro benzene ring substituents is 3. The van der Waals surface area contributed by atoms with Gasteiger partial charge in [-0.05, 0) is 113 Å². The standard InChI is InChI=1S/C37H30BF2I2N5O10/c1-19-34(41)25(13-9-22-15-29(54-3)31(56-5)17-27(22)46(50)51)43-36(19)33(21-7-11-24(12-8-21)45(48)49)37-20(2)35(42)26(44(37)38(43,39)40)14-10-23-16-30(55-4)32(57-6)18-28(23)47(52)53/h7-18H,1-6H3/b13-9+,14-10+. The van der Waals surface area contributed by atoms with Gasteiger partial charge in [-0.15, -0.1) is 0 Å². The molecule has 0 radical (unpaired) electrons. The molecule has 0 fully saturated rings. The molecular formula is C37H30BF2I2N5O10. The zero-order valence-electron chi connectivity index (χ0n) is 30.8. The molecule has 57 heavy (non-hydrogen) atoms. The molecule has 0 unspecified atom stereocenters. The summed E-state index contributed by atoms with van der Waals surface area (Å²) in [6.07, 6.45) is 5.42. The molecule has 2 aliphatic heterocycles. The average Bonchev–Trinajstić information content (AvgIpc) is 3.60. The van der Waals surface area contributed by atoms with Crippen LogP contribution in [0.15, 0.2) is 69.5 Å². The number of rotatable bonds is 12. The van der Waals surface area contributed by atoms with Gasteiger partial charge in [0.05, 0.1) is 75.6 Å². The molecule has 0 aliphatic carbocycles. The summed E-state index contributed by atoms with van der Waals surface area (Å²) in [6.45, 7) is -1.44. The van der Waals surface area contributed by atoms with Crippen LogP contribution in [0.5, 0.6) is 23.0 Å². The number of nitrogens with zero attached hydrogens (tertiary/aromatic N) is 5. The molecule has 0 saturated carbocycles. The van der Waals surface area contributed by atoms with Crippen molar-refractivity contribution < 1.29 is 46.8 Å². The number of halogens is 4. The number of aromatic nitrogens is 1. The van der Waals surface area contributed by atoms with Crippen LogP contribution < -0.4 is 18.9 Å². The highest BCUT2D eigenvalue weighted by Gasteiger charge is 2.57. The van der Waals surface area contributed by atoms with Gasteiger partial charge in [-0.3, -0.25) is 30.3 Å². The minimum absolute atomic E-state index is 0.0223. The molecule has 3 heterocycles. The van der Waals surface area contributed by atoms with Crippen LogP contribution in [0.1, 0.15) is 40.6 Å². The molecule has 2 aliphatic rings. The second-order valence-electron chi connectivity index (χ2n) is 12.6. The summed E-state index contributed by atoms with van der Waals surface area (Å²) >= 11 is 3.91. The van der Waals surface area contributed by atoms with Crippen LogP contribution in [0.2, 0.25) is 0 Å². The Hall–Kier alpha value is -5.65. The minimum atomic E-state index is -4.79. The fourth-order valence-corrected chi connectivity index (χ4v) is 8.30. The summed E-state index contributed by atoms with van der Waals surface area (Å²) in [6, 6.07) is 10.7. The van der Waals surface area contributed by atoms with Crippen molar-refractivity contribution in [1.29, 1.82) is 0 Å². The number of benzene rings is 3. The van der Waals surface area contributed by atoms with E-state index in [1.165, 1.54) is 101 Å². The maximum Gasteiger partial charge on any atom is 0.737 e. The van der Waals surface area contributed by atoms with Gasteiger partial charge in [-0.1, -0.05) is 0 Å². The Labute approximate surface area is 350 Å². The van der Waals surface area contributed by atoms with Crippen LogP contribution in [-0.2, 0) is 0 Å². The summed E-state index contributed by atoms with van der Waals surface area (Å²) < 4.78 is 59.3. The van der Waals surface area contributed by atoms with Crippen LogP contribution >= 0.6 is 45.2 Å². The Kier molecular flexibility index (Phi) is 11.3. The van der Waals surface area contributed by atoms with Gasteiger partial charge in [-0.25, -0.2) is 0 Å². The quantitative estimate of drug-likeness (QED) is 0.0576. The van der Waals surface area contributed by atoms with Crippen LogP contribution in [0.3, 0.4) is 0 Å². The number of non-ortho nitro benzene ring substituents is 1. The van der Waals surface area contributed by atoms with Crippen molar-refractivity contribution in [2.45, 2.75) is 13.8 Å². The first-order chi connectivity index (χ1) is 27.0. The van der Waals surface area contributed by atoms with E-state index in [-0.39, 0.29) is 74.0 Å². The van der Waals surface area contributed by atoms with Gasteiger partial charge in [0, 0.05) is 38.7 Å². The lowest BCUT2D eigenvalue weighted by molar-refractivity contribution is -0.385. The molecule has 20 heteroatoms. The number of ether oxygens (including phenoxy) is 4. The zero-order valence-corrected chi connectivity index (χ0v) is 35.2. The molecule has 294 valence electrons. The summed E-state index contributed by atoms with van der Waals surface area (Å²) in [4.78, 5) is 34.0. The first kappa shape index (κ1) is 41.0. The lowest BCUT2D eigenvalue weighted by Crippen LogP contribution is -2.51. The van der Waals surface area contributed by atoms with Crippen molar-refractivity contribution >= 4 is 98.7 Å². The third-order valence-electron chi connectivity index (χ3n) is 9.58. The average molecular weight is 1010 g/mol. The summed E-state index contributed by atoms with van der Waals surface area (Å²) in [5, 5.41) is 35.8.